The number of nitrogens with zero attached hydrogens (tertiary/aromatic N) is 1. The summed E-state index contributed by atoms with van der Waals surface area (Å²) in [4.78, 5) is 15.4. The third-order valence-corrected chi connectivity index (χ3v) is 2.95. The summed E-state index contributed by atoms with van der Waals surface area (Å²) in [6.45, 7) is 1.97. The lowest BCUT2D eigenvalue weighted by atomic mass is 10.2. The number of benzene rings is 1. The standard InChI is InChI=1S/C14H11NO4/c1-2-10-8(6-7-18-10)13-15-12-9(14(16)17)4-3-5-11(12)19-13/h3-7H,2H2,1H3,(H,16,17). The minimum Gasteiger partial charge on any atom is -0.478 e. The first-order valence-corrected chi connectivity index (χ1v) is 5.90. The summed E-state index contributed by atoms with van der Waals surface area (Å²) >= 11 is 0. The number of carbonyl (C=O) groups is 1. The Bertz CT molecular complexity index is 754. The molecule has 0 atom stereocenters. The number of aromatic carboxylic acids is 1. The summed E-state index contributed by atoms with van der Waals surface area (Å²) in [6.07, 6.45) is 2.29. The summed E-state index contributed by atoms with van der Waals surface area (Å²) in [5, 5.41) is 9.12. The first-order chi connectivity index (χ1) is 9.20. The van der Waals surface area contributed by atoms with Crippen LogP contribution < -0.4 is 0 Å². The summed E-state index contributed by atoms with van der Waals surface area (Å²) < 4.78 is 10.9. The van der Waals surface area contributed by atoms with Gasteiger partial charge in [-0.2, -0.15) is 0 Å². The Balaban J connectivity index is 2.22. The van der Waals surface area contributed by atoms with Crippen molar-refractivity contribution >= 4 is 17.1 Å². The van der Waals surface area contributed by atoms with Gasteiger partial charge in [0.15, 0.2) is 5.58 Å². The molecule has 0 spiro atoms. The van der Waals surface area contributed by atoms with E-state index in [9.17, 15) is 4.79 Å². The molecule has 1 aromatic carbocycles. The van der Waals surface area contributed by atoms with Gasteiger partial charge in [-0.3, -0.25) is 0 Å². The van der Waals surface area contributed by atoms with E-state index in [0.29, 0.717) is 23.4 Å². The summed E-state index contributed by atoms with van der Waals surface area (Å²) in [5.74, 6) is 0.131. The largest absolute Gasteiger partial charge is 0.478 e. The normalized spacial score (nSPS) is 11.0. The Kier molecular flexibility index (Phi) is 2.59. The molecule has 0 amide bonds. The van der Waals surface area contributed by atoms with Crippen molar-refractivity contribution in [2.45, 2.75) is 13.3 Å². The topological polar surface area (TPSA) is 76.5 Å². The first kappa shape index (κ1) is 11.5. The van der Waals surface area contributed by atoms with Gasteiger partial charge in [-0.25, -0.2) is 9.78 Å². The highest BCUT2D eigenvalue weighted by atomic mass is 16.4. The Morgan fingerprint density at radius 1 is 1.37 bits per heavy atom. The predicted octanol–water partition coefficient (Wildman–Crippen LogP) is 3.35. The number of furan rings is 1. The fraction of sp³-hybridized carbons (Fsp3) is 0.143. The highest BCUT2D eigenvalue weighted by Gasteiger charge is 2.17. The zero-order chi connectivity index (χ0) is 13.4. The molecular weight excluding hydrogens is 246 g/mol. The Labute approximate surface area is 108 Å². The van der Waals surface area contributed by atoms with E-state index in [1.54, 1.807) is 24.5 Å². The maximum absolute atomic E-state index is 11.1. The molecule has 5 nitrogen and oxygen atoms in total. The van der Waals surface area contributed by atoms with E-state index < -0.39 is 5.97 Å². The van der Waals surface area contributed by atoms with E-state index in [4.69, 9.17) is 13.9 Å². The van der Waals surface area contributed by atoms with Crippen LogP contribution in [-0.2, 0) is 6.42 Å². The van der Waals surface area contributed by atoms with Gasteiger partial charge in [0.25, 0.3) is 0 Å². The average molecular weight is 257 g/mol. The van der Waals surface area contributed by atoms with Gasteiger partial charge in [0.05, 0.1) is 17.4 Å². The number of hydrogen-bond donors (Lipinski definition) is 1. The number of fused-ring (bicyclic) bond motifs is 1. The molecule has 1 N–H and O–H groups in total. The number of hydrogen-bond acceptors (Lipinski definition) is 4. The van der Waals surface area contributed by atoms with Gasteiger partial charge in [0, 0.05) is 6.42 Å². The lowest BCUT2D eigenvalue weighted by Gasteiger charge is -1.93. The molecule has 2 heterocycles. The van der Waals surface area contributed by atoms with Crippen molar-refractivity contribution in [3.8, 4) is 11.5 Å². The first-order valence-electron chi connectivity index (χ1n) is 5.90. The third kappa shape index (κ3) is 1.79. The van der Waals surface area contributed by atoms with Gasteiger partial charge in [0.1, 0.15) is 11.3 Å². The molecule has 0 radical (unpaired) electrons. The number of carboxylic acid groups (broad SMARTS) is 1. The number of para-hydroxylation sites is 1. The lowest BCUT2D eigenvalue weighted by Crippen LogP contribution is -1.96. The highest BCUT2D eigenvalue weighted by molar-refractivity contribution is 6.00. The molecule has 0 saturated heterocycles. The van der Waals surface area contributed by atoms with E-state index in [0.717, 1.165) is 11.3 Å². The van der Waals surface area contributed by atoms with Crippen LogP contribution in [0.2, 0.25) is 0 Å². The molecule has 0 saturated carbocycles. The maximum Gasteiger partial charge on any atom is 0.338 e. The third-order valence-electron chi connectivity index (χ3n) is 2.95. The molecular formula is C14H11NO4. The Morgan fingerprint density at radius 3 is 2.95 bits per heavy atom. The minimum atomic E-state index is -1.02. The molecule has 0 aliphatic carbocycles. The van der Waals surface area contributed by atoms with Crippen LogP contribution in [-0.4, -0.2) is 16.1 Å². The molecule has 0 aliphatic heterocycles. The quantitative estimate of drug-likeness (QED) is 0.778. The number of carboxylic acids is 1. The molecule has 2 aromatic heterocycles. The smallest absolute Gasteiger partial charge is 0.338 e. The van der Waals surface area contributed by atoms with Gasteiger partial charge in [-0.15, -0.1) is 0 Å². The SMILES string of the molecule is CCc1occc1-c1nc2c(C(=O)O)cccc2o1. The second-order valence-electron chi connectivity index (χ2n) is 4.09. The molecule has 0 fully saturated rings. The fourth-order valence-electron chi connectivity index (χ4n) is 2.04. The van der Waals surface area contributed by atoms with Crippen LogP contribution in [0, 0.1) is 0 Å². The van der Waals surface area contributed by atoms with Gasteiger partial charge in [-0.05, 0) is 18.2 Å². The molecule has 3 aromatic rings. The van der Waals surface area contributed by atoms with Crippen molar-refractivity contribution < 1.29 is 18.7 Å². The Morgan fingerprint density at radius 2 is 2.21 bits per heavy atom. The average Bonchev–Trinajstić information content (AvgIpc) is 3.03. The van der Waals surface area contributed by atoms with Gasteiger partial charge in [-0.1, -0.05) is 13.0 Å². The van der Waals surface area contributed by atoms with Crippen molar-refractivity contribution in [1.82, 2.24) is 4.98 Å². The van der Waals surface area contributed by atoms with Crippen molar-refractivity contribution in [1.29, 1.82) is 0 Å². The number of oxazole rings is 1. The zero-order valence-electron chi connectivity index (χ0n) is 10.2. The van der Waals surface area contributed by atoms with Crippen LogP contribution in [0.3, 0.4) is 0 Å². The summed E-state index contributed by atoms with van der Waals surface area (Å²) in [5.41, 5.74) is 1.70. The van der Waals surface area contributed by atoms with Crippen LogP contribution in [0.25, 0.3) is 22.6 Å². The molecule has 5 heteroatoms. The summed E-state index contributed by atoms with van der Waals surface area (Å²) in [6, 6.07) is 6.61. The summed E-state index contributed by atoms with van der Waals surface area (Å²) in [7, 11) is 0. The Hall–Kier alpha value is -2.56. The molecule has 0 bridgehead atoms. The molecule has 0 unspecified atom stereocenters. The highest BCUT2D eigenvalue weighted by Crippen LogP contribution is 2.29. The van der Waals surface area contributed by atoms with Crippen molar-refractivity contribution in [2.24, 2.45) is 0 Å². The van der Waals surface area contributed by atoms with Crippen molar-refractivity contribution in [2.75, 3.05) is 0 Å². The maximum atomic E-state index is 11.1. The lowest BCUT2D eigenvalue weighted by molar-refractivity contribution is 0.0699. The number of rotatable bonds is 3. The molecule has 3 rings (SSSR count). The van der Waals surface area contributed by atoms with Gasteiger partial charge >= 0.3 is 5.97 Å². The van der Waals surface area contributed by atoms with Crippen LogP contribution in [0.4, 0.5) is 0 Å². The van der Waals surface area contributed by atoms with Crippen LogP contribution >= 0.6 is 0 Å². The van der Waals surface area contributed by atoms with Gasteiger partial charge in [0.2, 0.25) is 5.89 Å². The van der Waals surface area contributed by atoms with E-state index in [1.165, 1.54) is 6.07 Å². The second-order valence-corrected chi connectivity index (χ2v) is 4.09. The van der Waals surface area contributed by atoms with Crippen molar-refractivity contribution in [3.63, 3.8) is 0 Å². The monoisotopic (exact) mass is 257 g/mol. The van der Waals surface area contributed by atoms with E-state index in [2.05, 4.69) is 4.98 Å². The molecule has 19 heavy (non-hydrogen) atoms. The number of aryl methyl sites for hydroxylation is 1. The van der Waals surface area contributed by atoms with Crippen LogP contribution in [0.5, 0.6) is 0 Å². The second kappa shape index (κ2) is 4.28. The molecule has 0 aliphatic rings. The van der Waals surface area contributed by atoms with E-state index in [1.807, 2.05) is 6.92 Å². The molecule has 96 valence electrons. The fourth-order valence-corrected chi connectivity index (χ4v) is 2.04. The minimum absolute atomic E-state index is 0.133. The van der Waals surface area contributed by atoms with Crippen LogP contribution in [0.1, 0.15) is 23.0 Å². The van der Waals surface area contributed by atoms with E-state index in [-0.39, 0.29) is 5.56 Å². The number of aromatic nitrogens is 1. The van der Waals surface area contributed by atoms with Crippen LogP contribution in [0.15, 0.2) is 39.4 Å². The predicted molar refractivity (Wildman–Crippen MR) is 68.0 cm³/mol. The van der Waals surface area contributed by atoms with Crippen molar-refractivity contribution in [3.05, 3.63) is 41.9 Å². The van der Waals surface area contributed by atoms with E-state index >= 15 is 0 Å². The zero-order valence-corrected chi connectivity index (χ0v) is 10.2. The van der Waals surface area contributed by atoms with Gasteiger partial charge < -0.3 is 13.9 Å².